The Morgan fingerprint density at radius 3 is 2.48 bits per heavy atom. The number of piperidine rings is 2. The van der Waals surface area contributed by atoms with Crippen LogP contribution < -0.4 is 10.5 Å². The molecule has 1 aromatic carbocycles. The maximum Gasteiger partial charge on any atom is 0.320 e. The second kappa shape index (κ2) is 9.42. The summed E-state index contributed by atoms with van der Waals surface area (Å²) < 4.78 is 10.4. The van der Waals surface area contributed by atoms with Gasteiger partial charge in [0.15, 0.2) is 0 Å². The Bertz CT molecular complexity index is 621. The highest BCUT2D eigenvalue weighted by Gasteiger charge is 2.29. The van der Waals surface area contributed by atoms with Gasteiger partial charge in [0.25, 0.3) is 0 Å². The molecule has 3 rings (SSSR count). The minimum Gasteiger partial charge on any atom is -0.495 e. The highest BCUT2D eigenvalue weighted by atomic mass is 16.5. The molecule has 1 aromatic rings. The second-order valence-electron chi connectivity index (χ2n) is 7.62. The largest absolute Gasteiger partial charge is 0.495 e. The molecule has 2 N–H and O–H groups in total. The van der Waals surface area contributed by atoms with Crippen molar-refractivity contribution in [2.45, 2.75) is 44.6 Å². The van der Waals surface area contributed by atoms with Gasteiger partial charge < -0.3 is 20.1 Å². The fourth-order valence-corrected chi connectivity index (χ4v) is 4.41. The minimum absolute atomic E-state index is 0.101. The highest BCUT2D eigenvalue weighted by molar-refractivity contribution is 5.71. The third-order valence-electron chi connectivity index (χ3n) is 5.99. The van der Waals surface area contributed by atoms with Gasteiger partial charge in [0.1, 0.15) is 5.75 Å². The number of nitrogens with zero attached hydrogens (tertiary/aromatic N) is 2. The summed E-state index contributed by atoms with van der Waals surface area (Å²) in [6, 6.07) is 6.85. The summed E-state index contributed by atoms with van der Waals surface area (Å²) in [5.74, 6) is 1.26. The Morgan fingerprint density at radius 2 is 1.85 bits per heavy atom. The van der Waals surface area contributed by atoms with Crippen molar-refractivity contribution >= 4 is 11.7 Å². The van der Waals surface area contributed by atoms with Crippen LogP contribution in [0.1, 0.15) is 44.1 Å². The zero-order chi connectivity index (χ0) is 19.2. The van der Waals surface area contributed by atoms with Crippen molar-refractivity contribution in [2.75, 3.05) is 52.2 Å². The summed E-state index contributed by atoms with van der Waals surface area (Å²) in [7, 11) is 1.67. The average molecular weight is 376 g/mol. The lowest BCUT2D eigenvalue weighted by Crippen LogP contribution is -2.48. The van der Waals surface area contributed by atoms with E-state index in [1.165, 1.54) is 18.4 Å². The van der Waals surface area contributed by atoms with Crippen LogP contribution in [-0.4, -0.2) is 68.3 Å². The van der Waals surface area contributed by atoms with Crippen molar-refractivity contribution in [3.63, 3.8) is 0 Å². The summed E-state index contributed by atoms with van der Waals surface area (Å²) in [5, 5.41) is 0. The van der Waals surface area contributed by atoms with Crippen LogP contribution >= 0.6 is 0 Å². The van der Waals surface area contributed by atoms with E-state index in [9.17, 15) is 4.79 Å². The lowest BCUT2D eigenvalue weighted by atomic mass is 9.87. The smallest absolute Gasteiger partial charge is 0.320 e. The molecule has 2 aliphatic rings. The zero-order valence-corrected chi connectivity index (χ0v) is 16.7. The zero-order valence-electron chi connectivity index (χ0n) is 16.7. The molecule has 0 aromatic heterocycles. The fraction of sp³-hybridized carbons (Fsp3) is 0.667. The molecule has 27 heavy (non-hydrogen) atoms. The summed E-state index contributed by atoms with van der Waals surface area (Å²) in [4.78, 5) is 16.5. The Balaban J connectivity index is 1.45. The topological polar surface area (TPSA) is 68.0 Å². The van der Waals surface area contributed by atoms with Gasteiger partial charge in [-0.1, -0.05) is 6.07 Å². The van der Waals surface area contributed by atoms with Crippen LogP contribution in [0.5, 0.6) is 5.75 Å². The molecule has 2 aliphatic heterocycles. The number of nitrogen functional groups attached to an aromatic ring is 1. The first-order valence-electron chi connectivity index (χ1n) is 10.2. The fourth-order valence-electron chi connectivity index (χ4n) is 4.41. The van der Waals surface area contributed by atoms with Crippen LogP contribution in [0.25, 0.3) is 0 Å². The van der Waals surface area contributed by atoms with Crippen LogP contribution in [0.2, 0.25) is 0 Å². The first-order chi connectivity index (χ1) is 13.1. The lowest BCUT2D eigenvalue weighted by Gasteiger charge is -2.41. The maximum atomic E-state index is 11.6. The Labute approximate surface area is 162 Å². The molecule has 150 valence electrons. The molecule has 0 unspecified atom stereocenters. The van der Waals surface area contributed by atoms with Crippen molar-refractivity contribution in [3.8, 4) is 5.75 Å². The number of esters is 1. The first kappa shape index (κ1) is 20.0. The summed E-state index contributed by atoms with van der Waals surface area (Å²) in [6.07, 6.45) is 4.63. The van der Waals surface area contributed by atoms with E-state index in [-0.39, 0.29) is 5.97 Å². The van der Waals surface area contributed by atoms with E-state index in [4.69, 9.17) is 15.2 Å². The van der Waals surface area contributed by atoms with Gasteiger partial charge in [-0.3, -0.25) is 9.69 Å². The van der Waals surface area contributed by atoms with E-state index >= 15 is 0 Å². The van der Waals surface area contributed by atoms with E-state index in [1.807, 2.05) is 13.0 Å². The number of ether oxygens (including phenoxy) is 2. The number of benzene rings is 1. The predicted molar refractivity (Wildman–Crippen MR) is 107 cm³/mol. The highest BCUT2D eigenvalue weighted by Crippen LogP contribution is 2.34. The minimum atomic E-state index is -0.101. The third-order valence-corrected chi connectivity index (χ3v) is 5.99. The van der Waals surface area contributed by atoms with Crippen molar-refractivity contribution in [1.29, 1.82) is 0 Å². The lowest BCUT2D eigenvalue weighted by molar-refractivity contribution is -0.144. The number of carbonyl (C=O) groups excluding carboxylic acids is 1. The van der Waals surface area contributed by atoms with Gasteiger partial charge in [-0.2, -0.15) is 0 Å². The number of anilines is 1. The number of carbonyl (C=O) groups is 1. The van der Waals surface area contributed by atoms with Crippen LogP contribution in [-0.2, 0) is 9.53 Å². The monoisotopic (exact) mass is 375 g/mol. The summed E-state index contributed by atoms with van der Waals surface area (Å²) >= 11 is 0. The van der Waals surface area contributed by atoms with Crippen LogP contribution in [0, 0.1) is 0 Å². The molecular weight excluding hydrogens is 342 g/mol. The summed E-state index contributed by atoms with van der Waals surface area (Å²) in [5.41, 5.74) is 7.98. The Hall–Kier alpha value is -1.79. The Morgan fingerprint density at radius 1 is 1.15 bits per heavy atom. The number of nitrogens with two attached hydrogens (primary N) is 1. The standard InChI is InChI=1S/C21H33N3O3/c1-3-27-21(25)15-23-10-8-18(9-11-23)24-12-6-16(7-13-24)17-4-5-19(22)20(14-17)26-2/h4-5,14,16,18H,3,6-13,15,22H2,1-2H3. The molecule has 6 nitrogen and oxygen atoms in total. The SMILES string of the molecule is CCOC(=O)CN1CCC(N2CCC(c3ccc(N)c(OC)c3)CC2)CC1. The van der Waals surface area contributed by atoms with Crippen molar-refractivity contribution in [2.24, 2.45) is 0 Å². The quantitative estimate of drug-likeness (QED) is 0.609. The van der Waals surface area contributed by atoms with Crippen LogP contribution in [0.3, 0.4) is 0 Å². The molecule has 6 heteroatoms. The molecule has 0 saturated carbocycles. The molecular formula is C21H33N3O3. The first-order valence-corrected chi connectivity index (χ1v) is 10.2. The van der Waals surface area contributed by atoms with E-state index in [2.05, 4.69) is 21.9 Å². The predicted octanol–water partition coefficient (Wildman–Crippen LogP) is 2.48. The molecule has 0 atom stereocenters. The van der Waals surface area contributed by atoms with Crippen molar-refractivity contribution in [3.05, 3.63) is 23.8 Å². The Kier molecular flexibility index (Phi) is 6.96. The van der Waals surface area contributed by atoms with E-state index in [0.29, 0.717) is 30.8 Å². The van der Waals surface area contributed by atoms with E-state index in [0.717, 1.165) is 44.8 Å². The maximum absolute atomic E-state index is 11.6. The molecule has 0 amide bonds. The number of rotatable bonds is 6. The van der Waals surface area contributed by atoms with E-state index in [1.54, 1.807) is 7.11 Å². The number of hydrogen-bond acceptors (Lipinski definition) is 6. The van der Waals surface area contributed by atoms with Gasteiger partial charge >= 0.3 is 5.97 Å². The molecule has 2 fully saturated rings. The molecule has 0 aliphatic carbocycles. The van der Waals surface area contributed by atoms with Gasteiger partial charge in [-0.25, -0.2) is 0 Å². The van der Waals surface area contributed by atoms with Gasteiger partial charge in [0.2, 0.25) is 0 Å². The number of methoxy groups -OCH3 is 1. The van der Waals surface area contributed by atoms with E-state index < -0.39 is 0 Å². The third kappa shape index (κ3) is 5.14. The van der Waals surface area contributed by atoms with Gasteiger partial charge in [-0.15, -0.1) is 0 Å². The molecule has 2 saturated heterocycles. The van der Waals surface area contributed by atoms with Crippen molar-refractivity contribution < 1.29 is 14.3 Å². The van der Waals surface area contributed by atoms with Gasteiger partial charge in [-0.05, 0) is 69.3 Å². The second-order valence-corrected chi connectivity index (χ2v) is 7.62. The molecule has 0 radical (unpaired) electrons. The molecule has 0 bridgehead atoms. The number of hydrogen-bond donors (Lipinski definition) is 1. The number of likely N-dealkylation sites (tertiary alicyclic amines) is 2. The molecule has 2 heterocycles. The average Bonchev–Trinajstić information content (AvgIpc) is 2.69. The normalized spacial score (nSPS) is 20.5. The van der Waals surface area contributed by atoms with Gasteiger partial charge in [0.05, 0.1) is 25.9 Å². The molecule has 0 spiro atoms. The summed E-state index contributed by atoms with van der Waals surface area (Å²) in [6.45, 7) is 7.00. The van der Waals surface area contributed by atoms with Crippen LogP contribution in [0.15, 0.2) is 18.2 Å². The van der Waals surface area contributed by atoms with Crippen molar-refractivity contribution in [1.82, 2.24) is 9.80 Å². The van der Waals surface area contributed by atoms with Crippen LogP contribution in [0.4, 0.5) is 5.69 Å². The van der Waals surface area contributed by atoms with Gasteiger partial charge in [0, 0.05) is 19.1 Å².